The monoisotopic (exact) mass is 370 g/mol. The van der Waals surface area contributed by atoms with Crippen molar-refractivity contribution in [2.24, 2.45) is 0 Å². The Kier molecular flexibility index (Phi) is 6.36. The molecule has 112 valence electrons. The molecule has 2 aromatic carbocycles. The van der Waals surface area contributed by atoms with Crippen molar-refractivity contribution in [3.8, 4) is 11.5 Å². The van der Waals surface area contributed by atoms with E-state index < -0.39 is 0 Å². The third kappa shape index (κ3) is 4.63. The van der Waals surface area contributed by atoms with E-state index in [4.69, 9.17) is 25.8 Å². The number of methoxy groups -OCH3 is 1. The predicted octanol–water partition coefficient (Wildman–Crippen LogP) is 4.80. The van der Waals surface area contributed by atoms with Gasteiger partial charge in [-0.25, -0.2) is 0 Å². The molecule has 21 heavy (non-hydrogen) atoms. The van der Waals surface area contributed by atoms with E-state index in [0.717, 1.165) is 11.1 Å². The smallest absolute Gasteiger partial charge is 0.189 e. The first kappa shape index (κ1) is 16.1. The molecule has 0 saturated carbocycles. The molecule has 0 saturated heterocycles. The summed E-state index contributed by atoms with van der Waals surface area (Å²) in [7, 11) is 1.58. The molecule has 0 amide bonds. The van der Waals surface area contributed by atoms with E-state index in [1.807, 2.05) is 42.5 Å². The molecular formula is C16H16BrClO3. The summed E-state index contributed by atoms with van der Waals surface area (Å²) in [5.41, 5.74) is 2.11. The van der Waals surface area contributed by atoms with Crippen molar-refractivity contribution in [3.05, 3.63) is 58.6 Å². The zero-order chi connectivity index (χ0) is 15.1. The van der Waals surface area contributed by atoms with E-state index in [0.29, 0.717) is 28.5 Å². The minimum atomic E-state index is 0.110. The molecule has 0 radical (unpaired) electrons. The van der Waals surface area contributed by atoms with Crippen molar-refractivity contribution < 1.29 is 14.2 Å². The van der Waals surface area contributed by atoms with Crippen LogP contribution in [0.15, 0.2) is 42.5 Å². The van der Waals surface area contributed by atoms with Crippen LogP contribution in [-0.2, 0) is 16.7 Å². The van der Waals surface area contributed by atoms with Gasteiger partial charge in [0.25, 0.3) is 0 Å². The van der Waals surface area contributed by atoms with Crippen LogP contribution < -0.4 is 9.47 Å². The second-order valence-corrected chi connectivity index (χ2v) is 5.31. The van der Waals surface area contributed by atoms with Gasteiger partial charge in [-0.15, -0.1) is 0 Å². The Hall–Kier alpha value is -1.23. The quantitative estimate of drug-likeness (QED) is 0.397. The predicted molar refractivity (Wildman–Crippen MR) is 87.4 cm³/mol. The molecule has 0 aliphatic rings. The summed E-state index contributed by atoms with van der Waals surface area (Å²) in [6.07, 6.45) is 0. The Bertz CT molecular complexity index is 575. The Balaban J connectivity index is 1.93. The van der Waals surface area contributed by atoms with Crippen LogP contribution in [0.2, 0.25) is 5.02 Å². The maximum atomic E-state index is 6.21. The lowest BCUT2D eigenvalue weighted by Gasteiger charge is -2.13. The molecule has 0 fully saturated rings. The van der Waals surface area contributed by atoms with Crippen LogP contribution in [0, 0.1) is 0 Å². The van der Waals surface area contributed by atoms with Crippen LogP contribution in [-0.4, -0.2) is 13.9 Å². The molecule has 0 heterocycles. The first-order valence-corrected chi connectivity index (χ1v) is 7.91. The molecular weight excluding hydrogens is 356 g/mol. The highest BCUT2D eigenvalue weighted by atomic mass is 79.9. The lowest BCUT2D eigenvalue weighted by molar-refractivity contribution is 0.00380. The van der Waals surface area contributed by atoms with Gasteiger partial charge in [0.1, 0.15) is 0 Å². The summed E-state index contributed by atoms with van der Waals surface area (Å²) in [5.74, 6) is 1.09. The number of ether oxygens (including phenoxy) is 3. The number of alkyl halides is 1. The van der Waals surface area contributed by atoms with Gasteiger partial charge in [0.2, 0.25) is 0 Å². The lowest BCUT2D eigenvalue weighted by Crippen LogP contribution is -2.05. The number of rotatable bonds is 7. The van der Waals surface area contributed by atoms with Crippen LogP contribution >= 0.6 is 27.5 Å². The van der Waals surface area contributed by atoms with Crippen molar-refractivity contribution in [3.63, 3.8) is 0 Å². The molecule has 0 aromatic heterocycles. The number of hydrogen-bond donors (Lipinski definition) is 0. The fourth-order valence-electron chi connectivity index (χ4n) is 1.82. The first-order valence-electron chi connectivity index (χ1n) is 6.41. The molecule has 0 spiro atoms. The van der Waals surface area contributed by atoms with Gasteiger partial charge in [-0.2, -0.15) is 0 Å². The van der Waals surface area contributed by atoms with Crippen LogP contribution in [0.25, 0.3) is 0 Å². The van der Waals surface area contributed by atoms with Crippen LogP contribution in [0.5, 0.6) is 11.5 Å². The Morgan fingerprint density at radius 2 is 1.86 bits per heavy atom. The van der Waals surface area contributed by atoms with Crippen molar-refractivity contribution in [1.82, 2.24) is 0 Å². The topological polar surface area (TPSA) is 27.7 Å². The van der Waals surface area contributed by atoms with Gasteiger partial charge in [-0.1, -0.05) is 57.9 Å². The zero-order valence-electron chi connectivity index (χ0n) is 11.6. The van der Waals surface area contributed by atoms with Gasteiger partial charge in [-0.3, -0.25) is 0 Å². The number of benzene rings is 2. The molecule has 0 unspecified atom stereocenters. The molecule has 0 bridgehead atoms. The van der Waals surface area contributed by atoms with E-state index in [1.54, 1.807) is 7.11 Å². The molecule has 0 aliphatic carbocycles. The summed E-state index contributed by atoms with van der Waals surface area (Å²) in [5, 5.41) is 1.21. The average molecular weight is 372 g/mol. The SMILES string of the molecule is COc1cc(CBr)cc(Cl)c1OCOCc1ccccc1. The van der Waals surface area contributed by atoms with Gasteiger partial charge in [0.05, 0.1) is 18.7 Å². The summed E-state index contributed by atoms with van der Waals surface area (Å²) in [6.45, 7) is 0.596. The molecule has 3 nitrogen and oxygen atoms in total. The third-order valence-electron chi connectivity index (χ3n) is 2.84. The fourth-order valence-corrected chi connectivity index (χ4v) is 2.44. The third-order valence-corrected chi connectivity index (χ3v) is 3.77. The molecule has 0 aliphatic heterocycles. The summed E-state index contributed by atoms with van der Waals surface area (Å²) in [4.78, 5) is 0. The van der Waals surface area contributed by atoms with Crippen molar-refractivity contribution >= 4 is 27.5 Å². The number of hydrogen-bond acceptors (Lipinski definition) is 3. The van der Waals surface area contributed by atoms with Gasteiger partial charge < -0.3 is 14.2 Å². The van der Waals surface area contributed by atoms with E-state index in [1.165, 1.54) is 0 Å². The molecule has 2 rings (SSSR count). The maximum Gasteiger partial charge on any atom is 0.189 e. The lowest BCUT2D eigenvalue weighted by atomic mass is 10.2. The minimum Gasteiger partial charge on any atom is -0.493 e. The second-order valence-electron chi connectivity index (χ2n) is 4.34. The molecule has 5 heteroatoms. The first-order chi connectivity index (χ1) is 10.2. The number of halogens is 2. The van der Waals surface area contributed by atoms with Gasteiger partial charge in [0, 0.05) is 5.33 Å². The van der Waals surface area contributed by atoms with E-state index >= 15 is 0 Å². The molecule has 2 aromatic rings. The zero-order valence-corrected chi connectivity index (χ0v) is 14.0. The van der Waals surface area contributed by atoms with E-state index in [2.05, 4.69) is 15.9 Å². The second kappa shape index (κ2) is 8.27. The van der Waals surface area contributed by atoms with Gasteiger partial charge in [-0.05, 0) is 23.3 Å². The van der Waals surface area contributed by atoms with Crippen molar-refractivity contribution in [2.75, 3.05) is 13.9 Å². The molecule has 0 N–H and O–H groups in total. The standard InChI is InChI=1S/C16H16BrClO3/c1-19-15-8-13(9-17)7-14(18)16(15)21-11-20-10-12-5-3-2-4-6-12/h2-8H,9-11H2,1H3. The molecule has 0 atom stereocenters. The normalized spacial score (nSPS) is 10.4. The highest BCUT2D eigenvalue weighted by molar-refractivity contribution is 9.08. The summed E-state index contributed by atoms with van der Waals surface area (Å²) in [6, 6.07) is 13.6. The van der Waals surface area contributed by atoms with Crippen molar-refractivity contribution in [2.45, 2.75) is 11.9 Å². The van der Waals surface area contributed by atoms with Crippen LogP contribution in [0.1, 0.15) is 11.1 Å². The summed E-state index contributed by atoms with van der Waals surface area (Å²) >= 11 is 9.60. The Labute approximate surface area is 137 Å². The minimum absolute atomic E-state index is 0.110. The maximum absolute atomic E-state index is 6.21. The fraction of sp³-hybridized carbons (Fsp3) is 0.250. The summed E-state index contributed by atoms with van der Waals surface area (Å²) < 4.78 is 16.4. The van der Waals surface area contributed by atoms with Crippen LogP contribution in [0.4, 0.5) is 0 Å². The Morgan fingerprint density at radius 1 is 1.10 bits per heavy atom. The van der Waals surface area contributed by atoms with Gasteiger partial charge >= 0.3 is 0 Å². The van der Waals surface area contributed by atoms with Gasteiger partial charge in [0.15, 0.2) is 18.3 Å². The van der Waals surface area contributed by atoms with E-state index in [9.17, 15) is 0 Å². The Morgan fingerprint density at radius 3 is 2.52 bits per heavy atom. The average Bonchev–Trinajstić information content (AvgIpc) is 2.53. The largest absolute Gasteiger partial charge is 0.493 e. The highest BCUT2D eigenvalue weighted by Crippen LogP contribution is 2.36. The van der Waals surface area contributed by atoms with E-state index in [-0.39, 0.29) is 6.79 Å². The van der Waals surface area contributed by atoms with Crippen molar-refractivity contribution in [1.29, 1.82) is 0 Å². The highest BCUT2D eigenvalue weighted by Gasteiger charge is 2.11. The van der Waals surface area contributed by atoms with Crippen LogP contribution in [0.3, 0.4) is 0 Å².